The first-order valence-electron chi connectivity index (χ1n) is 6.25. The molecule has 5 heteroatoms. The fourth-order valence-corrected chi connectivity index (χ4v) is 2.56. The number of benzene rings is 2. The molecule has 3 rings (SSSR count). The van der Waals surface area contributed by atoms with Crippen molar-refractivity contribution in [1.82, 2.24) is 4.98 Å². The molecule has 1 aromatic heterocycles. The molecule has 0 bridgehead atoms. The average molecular weight is 345 g/mol. The first-order chi connectivity index (χ1) is 10.1. The van der Waals surface area contributed by atoms with E-state index in [9.17, 15) is 9.18 Å². The molecule has 1 heterocycles. The number of rotatable bonds is 2. The molecular weight excluding hydrogens is 335 g/mol. The lowest BCUT2D eigenvalue weighted by Crippen LogP contribution is -2.12. The molecule has 3 aromatic rings. The van der Waals surface area contributed by atoms with Crippen molar-refractivity contribution in [2.45, 2.75) is 0 Å². The van der Waals surface area contributed by atoms with Crippen LogP contribution >= 0.6 is 15.9 Å². The summed E-state index contributed by atoms with van der Waals surface area (Å²) in [5.74, 6) is -0.694. The maximum atomic E-state index is 13.0. The van der Waals surface area contributed by atoms with Gasteiger partial charge in [-0.25, -0.2) is 4.39 Å². The summed E-state index contributed by atoms with van der Waals surface area (Å²) in [4.78, 5) is 16.4. The molecule has 0 spiro atoms. The van der Waals surface area contributed by atoms with Crippen LogP contribution < -0.4 is 5.32 Å². The zero-order valence-corrected chi connectivity index (χ0v) is 12.4. The SMILES string of the molecule is O=C(Nc1ccc2ncccc2c1)c1ccc(F)cc1Br. The van der Waals surface area contributed by atoms with Gasteiger partial charge in [-0.15, -0.1) is 0 Å². The highest BCUT2D eigenvalue weighted by Gasteiger charge is 2.11. The Labute approximate surface area is 128 Å². The fourth-order valence-electron chi connectivity index (χ4n) is 2.03. The minimum Gasteiger partial charge on any atom is -0.322 e. The number of nitrogens with zero attached hydrogens (tertiary/aromatic N) is 1. The molecule has 0 aliphatic rings. The van der Waals surface area contributed by atoms with Gasteiger partial charge in [0.1, 0.15) is 5.82 Å². The lowest BCUT2D eigenvalue weighted by molar-refractivity contribution is 0.102. The van der Waals surface area contributed by atoms with Crippen molar-refractivity contribution in [3.63, 3.8) is 0 Å². The Morgan fingerprint density at radius 2 is 2.00 bits per heavy atom. The van der Waals surface area contributed by atoms with Gasteiger partial charge in [0.05, 0.1) is 11.1 Å². The normalized spacial score (nSPS) is 10.6. The largest absolute Gasteiger partial charge is 0.322 e. The summed E-state index contributed by atoms with van der Waals surface area (Å²) in [5.41, 5.74) is 1.90. The van der Waals surface area contributed by atoms with E-state index in [0.717, 1.165) is 10.9 Å². The summed E-state index contributed by atoms with van der Waals surface area (Å²) < 4.78 is 13.5. The molecule has 0 fully saturated rings. The number of nitrogens with one attached hydrogen (secondary N) is 1. The third-order valence-electron chi connectivity index (χ3n) is 3.04. The van der Waals surface area contributed by atoms with Gasteiger partial charge in [-0.1, -0.05) is 6.07 Å². The van der Waals surface area contributed by atoms with Crippen molar-refractivity contribution in [2.24, 2.45) is 0 Å². The molecule has 0 saturated heterocycles. The molecule has 0 saturated carbocycles. The van der Waals surface area contributed by atoms with Crippen LogP contribution in [0.5, 0.6) is 0 Å². The number of aromatic nitrogens is 1. The van der Waals surface area contributed by atoms with E-state index in [1.54, 1.807) is 12.3 Å². The van der Waals surface area contributed by atoms with Crippen molar-refractivity contribution >= 4 is 38.4 Å². The molecule has 0 aliphatic carbocycles. The lowest BCUT2D eigenvalue weighted by Gasteiger charge is -2.08. The molecule has 0 radical (unpaired) electrons. The zero-order valence-electron chi connectivity index (χ0n) is 10.8. The van der Waals surface area contributed by atoms with Crippen LogP contribution in [0.4, 0.5) is 10.1 Å². The minimum atomic E-state index is -0.393. The number of anilines is 1. The number of carbonyl (C=O) groups is 1. The van der Waals surface area contributed by atoms with Crippen LogP contribution in [-0.2, 0) is 0 Å². The van der Waals surface area contributed by atoms with Crippen molar-refractivity contribution in [3.8, 4) is 0 Å². The van der Waals surface area contributed by atoms with E-state index < -0.39 is 5.82 Å². The second-order valence-corrected chi connectivity index (χ2v) is 5.34. The quantitative estimate of drug-likeness (QED) is 0.749. The lowest BCUT2D eigenvalue weighted by atomic mass is 10.1. The first-order valence-corrected chi connectivity index (χ1v) is 7.04. The van der Waals surface area contributed by atoms with E-state index in [1.165, 1.54) is 18.2 Å². The summed E-state index contributed by atoms with van der Waals surface area (Å²) in [6.45, 7) is 0. The summed E-state index contributed by atoms with van der Waals surface area (Å²) in [6, 6.07) is 13.2. The minimum absolute atomic E-state index is 0.301. The van der Waals surface area contributed by atoms with Crippen LogP contribution in [0.3, 0.4) is 0 Å². The van der Waals surface area contributed by atoms with Gasteiger partial charge in [0, 0.05) is 21.7 Å². The van der Waals surface area contributed by atoms with Crippen molar-refractivity contribution < 1.29 is 9.18 Å². The fraction of sp³-hybridized carbons (Fsp3) is 0. The number of halogens is 2. The number of carbonyl (C=O) groups excluding carboxylic acids is 1. The van der Waals surface area contributed by atoms with Crippen molar-refractivity contribution in [2.75, 3.05) is 5.32 Å². The zero-order chi connectivity index (χ0) is 14.8. The Morgan fingerprint density at radius 1 is 1.14 bits per heavy atom. The Balaban J connectivity index is 1.89. The molecule has 0 aliphatic heterocycles. The molecule has 1 N–H and O–H groups in total. The van der Waals surface area contributed by atoms with Gasteiger partial charge in [0.2, 0.25) is 0 Å². The van der Waals surface area contributed by atoms with Gasteiger partial charge in [0.15, 0.2) is 0 Å². The van der Waals surface area contributed by atoms with Crippen LogP contribution in [0.2, 0.25) is 0 Å². The summed E-state index contributed by atoms with van der Waals surface area (Å²) in [6.07, 6.45) is 1.72. The highest BCUT2D eigenvalue weighted by Crippen LogP contribution is 2.21. The van der Waals surface area contributed by atoms with E-state index in [2.05, 4.69) is 26.2 Å². The average Bonchev–Trinajstić information content (AvgIpc) is 2.47. The molecule has 3 nitrogen and oxygen atoms in total. The predicted molar refractivity (Wildman–Crippen MR) is 83.8 cm³/mol. The van der Waals surface area contributed by atoms with E-state index in [-0.39, 0.29) is 5.91 Å². The van der Waals surface area contributed by atoms with Gasteiger partial charge < -0.3 is 5.32 Å². The number of fused-ring (bicyclic) bond motifs is 1. The van der Waals surface area contributed by atoms with Crippen molar-refractivity contribution in [3.05, 3.63) is 70.6 Å². The topological polar surface area (TPSA) is 42.0 Å². The first kappa shape index (κ1) is 13.7. The van der Waals surface area contributed by atoms with Gasteiger partial charge in [-0.2, -0.15) is 0 Å². The highest BCUT2D eigenvalue weighted by molar-refractivity contribution is 9.10. The molecular formula is C16H10BrFN2O. The van der Waals surface area contributed by atoms with E-state index in [1.807, 2.05) is 24.3 Å². The third-order valence-corrected chi connectivity index (χ3v) is 3.69. The Hall–Kier alpha value is -2.27. The standard InChI is InChI=1S/C16H10BrFN2O/c17-14-9-11(18)3-5-13(14)16(21)20-12-4-6-15-10(8-12)2-1-7-19-15/h1-9H,(H,20,21). The monoisotopic (exact) mass is 344 g/mol. The van der Waals surface area contributed by atoms with E-state index in [4.69, 9.17) is 0 Å². The Kier molecular flexibility index (Phi) is 3.66. The molecule has 104 valence electrons. The number of hydrogen-bond donors (Lipinski definition) is 1. The summed E-state index contributed by atoms with van der Waals surface area (Å²) in [5, 5.41) is 3.73. The van der Waals surface area contributed by atoms with Gasteiger partial charge >= 0.3 is 0 Å². The van der Waals surface area contributed by atoms with Crippen LogP contribution in [-0.4, -0.2) is 10.9 Å². The third kappa shape index (κ3) is 2.92. The van der Waals surface area contributed by atoms with Gasteiger partial charge in [-0.05, 0) is 58.4 Å². The molecule has 0 atom stereocenters. The number of pyridine rings is 1. The maximum Gasteiger partial charge on any atom is 0.256 e. The van der Waals surface area contributed by atoms with Crippen LogP contribution in [0, 0.1) is 5.82 Å². The van der Waals surface area contributed by atoms with Crippen molar-refractivity contribution in [1.29, 1.82) is 0 Å². The predicted octanol–water partition coefficient (Wildman–Crippen LogP) is 4.39. The van der Waals surface area contributed by atoms with Crippen LogP contribution in [0.25, 0.3) is 10.9 Å². The van der Waals surface area contributed by atoms with Gasteiger partial charge in [-0.3, -0.25) is 9.78 Å². The summed E-state index contributed by atoms with van der Waals surface area (Å²) in [7, 11) is 0. The number of hydrogen-bond acceptors (Lipinski definition) is 2. The molecule has 1 amide bonds. The Bertz CT molecular complexity index is 835. The molecule has 2 aromatic carbocycles. The smallest absolute Gasteiger partial charge is 0.256 e. The number of amides is 1. The molecule has 0 unspecified atom stereocenters. The maximum absolute atomic E-state index is 13.0. The van der Waals surface area contributed by atoms with Crippen LogP contribution in [0.15, 0.2) is 59.2 Å². The Morgan fingerprint density at radius 3 is 2.81 bits per heavy atom. The van der Waals surface area contributed by atoms with E-state index in [0.29, 0.717) is 15.7 Å². The highest BCUT2D eigenvalue weighted by atomic mass is 79.9. The van der Waals surface area contributed by atoms with Crippen LogP contribution in [0.1, 0.15) is 10.4 Å². The second-order valence-electron chi connectivity index (χ2n) is 4.49. The van der Waals surface area contributed by atoms with E-state index >= 15 is 0 Å². The second kappa shape index (κ2) is 5.61. The molecule has 21 heavy (non-hydrogen) atoms. The van der Waals surface area contributed by atoms with Gasteiger partial charge in [0.25, 0.3) is 5.91 Å². The summed E-state index contributed by atoms with van der Waals surface area (Å²) >= 11 is 3.19.